The zero-order valence-corrected chi connectivity index (χ0v) is 18.0. The summed E-state index contributed by atoms with van der Waals surface area (Å²) < 4.78 is 1.27. The van der Waals surface area contributed by atoms with E-state index < -0.39 is 0 Å². The lowest BCUT2D eigenvalue weighted by Gasteiger charge is -2.31. The Kier molecular flexibility index (Phi) is 6.23. The Balaban J connectivity index is 1.26. The molecule has 2 N–H and O–H groups in total. The van der Waals surface area contributed by atoms with E-state index in [-0.39, 0.29) is 11.9 Å². The number of nitrogens with zero attached hydrogens (tertiary/aromatic N) is 2. The number of carbonyl (C=O) groups excluding carboxylic acids is 1. The molecule has 1 aromatic heterocycles. The van der Waals surface area contributed by atoms with Crippen LogP contribution in [-0.4, -0.2) is 55.6 Å². The molecule has 0 unspecified atom stereocenters. The second-order valence-electron chi connectivity index (χ2n) is 8.02. The van der Waals surface area contributed by atoms with Crippen LogP contribution in [0, 0.1) is 0 Å². The Labute approximate surface area is 176 Å². The maximum atomic E-state index is 12.8. The number of amides is 1. The molecule has 5 nitrogen and oxygen atoms in total. The molecular formula is C23H30N4OS+2. The zero-order chi connectivity index (χ0) is 20.2. The highest BCUT2D eigenvalue weighted by atomic mass is 32.1. The highest BCUT2D eigenvalue weighted by molar-refractivity contribution is 7.18. The van der Waals surface area contributed by atoms with Gasteiger partial charge in [0.15, 0.2) is 6.54 Å². The van der Waals surface area contributed by atoms with Gasteiger partial charge in [0.25, 0.3) is 5.91 Å². The van der Waals surface area contributed by atoms with Gasteiger partial charge in [0.05, 0.1) is 16.3 Å². The number of nitrogens with one attached hydrogen (secondary N) is 2. The van der Waals surface area contributed by atoms with E-state index in [1.807, 2.05) is 47.5 Å². The number of thiazole rings is 1. The van der Waals surface area contributed by atoms with Crippen LogP contribution in [0.15, 0.2) is 54.6 Å². The number of rotatable bonds is 6. The van der Waals surface area contributed by atoms with Gasteiger partial charge in [-0.05, 0) is 24.6 Å². The number of hydrogen-bond acceptors (Lipinski definition) is 3. The molecule has 3 aromatic rings. The Morgan fingerprint density at radius 1 is 1.03 bits per heavy atom. The van der Waals surface area contributed by atoms with Crippen molar-refractivity contribution in [2.75, 3.05) is 39.8 Å². The van der Waals surface area contributed by atoms with Gasteiger partial charge < -0.3 is 14.7 Å². The van der Waals surface area contributed by atoms with E-state index in [2.05, 4.69) is 37.3 Å². The number of fused-ring (bicyclic) bond motifs is 1. The predicted molar refractivity (Wildman–Crippen MR) is 117 cm³/mol. The van der Waals surface area contributed by atoms with E-state index in [0.29, 0.717) is 6.54 Å². The number of benzene rings is 2. The molecule has 0 bridgehead atoms. The Morgan fingerprint density at radius 2 is 1.69 bits per heavy atom. The molecule has 1 fully saturated rings. The summed E-state index contributed by atoms with van der Waals surface area (Å²) in [6.45, 7) is 7.95. The third kappa shape index (κ3) is 4.83. The zero-order valence-electron chi connectivity index (χ0n) is 17.2. The van der Waals surface area contributed by atoms with Crippen molar-refractivity contribution in [1.82, 2.24) is 9.88 Å². The normalized spacial score (nSPS) is 20.5. The van der Waals surface area contributed by atoms with Crippen molar-refractivity contribution < 1.29 is 14.6 Å². The topological polar surface area (TPSA) is 42.1 Å². The first-order chi connectivity index (χ1) is 14.1. The summed E-state index contributed by atoms with van der Waals surface area (Å²) in [5.41, 5.74) is 2.29. The van der Waals surface area contributed by atoms with Crippen molar-refractivity contribution in [3.8, 4) is 0 Å². The number of quaternary nitrogens is 2. The van der Waals surface area contributed by atoms with E-state index in [4.69, 9.17) is 4.98 Å². The van der Waals surface area contributed by atoms with Crippen molar-refractivity contribution in [2.45, 2.75) is 19.5 Å². The second-order valence-corrected chi connectivity index (χ2v) is 9.14. The van der Waals surface area contributed by atoms with Gasteiger partial charge >= 0.3 is 0 Å². The lowest BCUT2D eigenvalue weighted by Crippen LogP contribution is -3.28. The third-order valence-corrected chi connectivity index (χ3v) is 7.10. The minimum absolute atomic E-state index is 0.106. The summed E-state index contributed by atoms with van der Waals surface area (Å²) in [4.78, 5) is 22.4. The number of para-hydroxylation sites is 1. The average molecular weight is 411 g/mol. The molecule has 152 valence electrons. The molecular weight excluding hydrogens is 380 g/mol. The van der Waals surface area contributed by atoms with Crippen LogP contribution in [0.3, 0.4) is 0 Å². The van der Waals surface area contributed by atoms with Crippen LogP contribution < -0.4 is 9.80 Å². The van der Waals surface area contributed by atoms with Gasteiger partial charge in [0, 0.05) is 7.05 Å². The first-order valence-corrected chi connectivity index (χ1v) is 11.2. The van der Waals surface area contributed by atoms with Crippen LogP contribution in [0.25, 0.3) is 10.2 Å². The molecule has 4 rings (SSSR count). The molecule has 1 saturated heterocycles. The monoisotopic (exact) mass is 410 g/mol. The summed E-state index contributed by atoms with van der Waals surface area (Å²) in [5, 5.41) is 1.22. The maximum Gasteiger partial charge on any atom is 0.278 e. The van der Waals surface area contributed by atoms with Gasteiger partial charge in [-0.3, -0.25) is 4.79 Å². The van der Waals surface area contributed by atoms with E-state index in [1.165, 1.54) is 20.2 Å². The Hall–Kier alpha value is -2.28. The number of piperazine rings is 1. The van der Waals surface area contributed by atoms with Gasteiger partial charge in [-0.15, -0.1) is 11.3 Å². The minimum atomic E-state index is 0.106. The summed E-state index contributed by atoms with van der Waals surface area (Å²) in [7, 11) is 1.92. The van der Waals surface area contributed by atoms with Crippen LogP contribution in [-0.2, 0) is 11.3 Å². The second kappa shape index (κ2) is 9.03. The van der Waals surface area contributed by atoms with Gasteiger partial charge in [-0.25, -0.2) is 4.98 Å². The van der Waals surface area contributed by atoms with Crippen molar-refractivity contribution in [1.29, 1.82) is 0 Å². The van der Waals surface area contributed by atoms with E-state index in [1.54, 1.807) is 4.90 Å². The van der Waals surface area contributed by atoms with Crippen LogP contribution in [0.4, 0.5) is 0 Å². The van der Waals surface area contributed by atoms with Crippen molar-refractivity contribution >= 4 is 27.5 Å². The standard InChI is InChI=1S/C23H28N4OS/c1-18(19-8-4-3-5-9-19)25(2)23(28)17-27-14-12-26(13-15-27)16-22-24-20-10-6-7-11-21(20)29-22/h3-11,18H,12-17H2,1-2H3/p+2/t18-/m0/s1. The highest BCUT2D eigenvalue weighted by Crippen LogP contribution is 2.20. The van der Waals surface area contributed by atoms with E-state index >= 15 is 0 Å². The summed E-state index contributed by atoms with van der Waals surface area (Å²) in [6, 6.07) is 18.7. The average Bonchev–Trinajstić information content (AvgIpc) is 3.17. The molecule has 1 aliphatic rings. The first kappa shape index (κ1) is 20.0. The highest BCUT2D eigenvalue weighted by Gasteiger charge is 2.28. The molecule has 1 amide bonds. The molecule has 0 aliphatic carbocycles. The fraction of sp³-hybridized carbons (Fsp3) is 0.391. The molecule has 1 atom stereocenters. The van der Waals surface area contributed by atoms with Gasteiger partial charge in [0.1, 0.15) is 37.7 Å². The fourth-order valence-electron chi connectivity index (χ4n) is 4.03. The van der Waals surface area contributed by atoms with Crippen LogP contribution >= 0.6 is 11.3 Å². The Morgan fingerprint density at radius 3 is 2.41 bits per heavy atom. The molecule has 29 heavy (non-hydrogen) atoms. The largest absolute Gasteiger partial charge is 0.334 e. The molecule has 0 spiro atoms. The minimum Gasteiger partial charge on any atom is -0.334 e. The van der Waals surface area contributed by atoms with Crippen molar-refractivity contribution in [3.63, 3.8) is 0 Å². The predicted octanol–water partition coefficient (Wildman–Crippen LogP) is 0.799. The van der Waals surface area contributed by atoms with E-state index in [9.17, 15) is 4.79 Å². The summed E-state index contributed by atoms with van der Waals surface area (Å²) in [6.07, 6.45) is 0. The quantitative estimate of drug-likeness (QED) is 0.631. The van der Waals surface area contributed by atoms with Gasteiger partial charge in [-0.1, -0.05) is 42.5 Å². The lowest BCUT2D eigenvalue weighted by atomic mass is 10.1. The van der Waals surface area contributed by atoms with Crippen LogP contribution in [0.1, 0.15) is 23.5 Å². The summed E-state index contributed by atoms with van der Waals surface area (Å²) in [5.74, 6) is 0.228. The third-order valence-electron chi connectivity index (χ3n) is 6.06. The van der Waals surface area contributed by atoms with Crippen LogP contribution in [0.2, 0.25) is 0 Å². The number of hydrogen-bond donors (Lipinski definition) is 2. The lowest BCUT2D eigenvalue weighted by molar-refractivity contribution is -1.02. The molecule has 2 aromatic carbocycles. The molecule has 1 aliphatic heterocycles. The SMILES string of the molecule is C[C@@H](c1ccccc1)N(C)C(=O)C[NH+]1CC[NH+](Cc2nc3ccccc3s2)CC1. The number of aromatic nitrogens is 1. The van der Waals surface area contributed by atoms with Gasteiger partial charge in [0.2, 0.25) is 0 Å². The molecule has 6 heteroatoms. The van der Waals surface area contributed by atoms with Gasteiger partial charge in [-0.2, -0.15) is 0 Å². The van der Waals surface area contributed by atoms with E-state index in [0.717, 1.165) is 38.2 Å². The van der Waals surface area contributed by atoms with Crippen molar-refractivity contribution in [3.05, 3.63) is 65.2 Å². The summed E-state index contributed by atoms with van der Waals surface area (Å²) >= 11 is 1.81. The fourth-order valence-corrected chi connectivity index (χ4v) is 5.07. The molecule has 0 saturated carbocycles. The first-order valence-electron chi connectivity index (χ1n) is 10.4. The number of carbonyl (C=O) groups is 1. The Bertz CT molecular complexity index is 917. The smallest absolute Gasteiger partial charge is 0.278 e. The van der Waals surface area contributed by atoms with Crippen molar-refractivity contribution in [2.24, 2.45) is 0 Å². The molecule has 2 heterocycles. The van der Waals surface area contributed by atoms with Crippen LogP contribution in [0.5, 0.6) is 0 Å². The molecule has 0 radical (unpaired) electrons. The maximum absolute atomic E-state index is 12.8. The number of likely N-dealkylation sites (N-methyl/N-ethyl adjacent to an activating group) is 1.